The number of benzene rings is 2. The second-order valence-corrected chi connectivity index (χ2v) is 9.22. The number of hydrogen-bond acceptors (Lipinski definition) is 4. The third-order valence-electron chi connectivity index (χ3n) is 6.50. The number of nitrogens with one attached hydrogen (secondary N) is 2. The number of para-hydroxylation sites is 1. The zero-order valence-electron chi connectivity index (χ0n) is 20.4. The van der Waals surface area contributed by atoms with E-state index in [1.165, 1.54) is 12.1 Å². The zero-order chi connectivity index (χ0) is 25.8. The molecular weight excluding hydrogens is 487 g/mol. The second-order valence-electron chi connectivity index (χ2n) is 8.84. The molecule has 0 saturated carbocycles. The lowest BCUT2D eigenvalue weighted by Crippen LogP contribution is -2.32. The average Bonchev–Trinajstić information content (AvgIpc) is 3.53. The molecule has 188 valence electrons. The quantitative estimate of drug-likeness (QED) is 0.279. The summed E-state index contributed by atoms with van der Waals surface area (Å²) in [5, 5.41) is 6.93. The Hall–Kier alpha value is -4.04. The molecule has 1 fully saturated rings. The molecule has 5 rings (SSSR count). The van der Waals surface area contributed by atoms with E-state index in [0.717, 1.165) is 28.9 Å². The van der Waals surface area contributed by atoms with Gasteiger partial charge in [0.1, 0.15) is 23.4 Å². The van der Waals surface area contributed by atoms with Crippen LogP contribution in [-0.2, 0) is 11.2 Å². The fourth-order valence-electron chi connectivity index (χ4n) is 4.62. The minimum Gasteiger partial charge on any atom is -0.459 e. The van der Waals surface area contributed by atoms with Crippen LogP contribution in [0.3, 0.4) is 0 Å². The monoisotopic (exact) mass is 514 g/mol. The van der Waals surface area contributed by atoms with Crippen LogP contribution in [0.25, 0.3) is 11.3 Å². The topological polar surface area (TPSA) is 70.4 Å². The Morgan fingerprint density at radius 1 is 1.08 bits per heavy atom. The number of carbonyl (C=O) groups is 1. The summed E-state index contributed by atoms with van der Waals surface area (Å²) >= 11 is 5.70. The average molecular weight is 515 g/mol. The largest absolute Gasteiger partial charge is 0.459 e. The number of halogens is 1. The lowest BCUT2D eigenvalue weighted by atomic mass is 10.0. The van der Waals surface area contributed by atoms with Gasteiger partial charge in [-0.2, -0.15) is 0 Å². The standard InChI is InChI=1S/C29H27FN4O2S/c1-2-19-7-3-4-8-22(19)32-26(35)16-18-34-28(27(33-29(34)37)23-9-5-6-17-31-23)25-15-14-24(36-25)20-10-12-21(30)13-11-20/h3-15,17,27-28H,2,16,18H2,1H3,(H,32,35)(H,33,37)/t27-,28+/m1/s1. The van der Waals surface area contributed by atoms with E-state index in [4.69, 9.17) is 16.6 Å². The molecule has 2 atom stereocenters. The Kier molecular flexibility index (Phi) is 7.28. The molecule has 0 radical (unpaired) electrons. The number of carbonyl (C=O) groups excluding carboxylic acids is 1. The van der Waals surface area contributed by atoms with Crippen molar-refractivity contribution in [3.63, 3.8) is 0 Å². The number of hydrogen-bond donors (Lipinski definition) is 2. The van der Waals surface area contributed by atoms with Crippen LogP contribution in [0, 0.1) is 5.82 Å². The van der Waals surface area contributed by atoms with Crippen LogP contribution in [0.15, 0.2) is 89.5 Å². The molecule has 0 bridgehead atoms. The molecule has 2 aromatic carbocycles. The summed E-state index contributed by atoms with van der Waals surface area (Å²) in [6, 6.07) is 22.9. The summed E-state index contributed by atoms with van der Waals surface area (Å²) in [6.45, 7) is 2.46. The Morgan fingerprint density at radius 3 is 2.62 bits per heavy atom. The summed E-state index contributed by atoms with van der Waals surface area (Å²) in [5.74, 6) is 0.915. The van der Waals surface area contributed by atoms with Gasteiger partial charge in [0.2, 0.25) is 5.91 Å². The summed E-state index contributed by atoms with van der Waals surface area (Å²) in [6.07, 6.45) is 2.82. The maximum atomic E-state index is 13.4. The minimum atomic E-state index is -0.313. The third kappa shape index (κ3) is 5.39. The number of anilines is 1. The Bertz CT molecular complexity index is 1390. The second kappa shape index (κ2) is 10.9. The molecule has 1 aliphatic rings. The van der Waals surface area contributed by atoms with Crippen molar-refractivity contribution in [2.75, 3.05) is 11.9 Å². The van der Waals surface area contributed by atoms with Crippen molar-refractivity contribution in [3.05, 3.63) is 108 Å². The van der Waals surface area contributed by atoms with Gasteiger partial charge in [0, 0.05) is 30.4 Å². The number of nitrogens with zero attached hydrogens (tertiary/aromatic N) is 2. The van der Waals surface area contributed by atoms with Crippen LogP contribution < -0.4 is 10.6 Å². The highest BCUT2D eigenvalue weighted by molar-refractivity contribution is 7.80. The number of rotatable bonds is 8. The van der Waals surface area contributed by atoms with Gasteiger partial charge in [-0.05, 0) is 78.8 Å². The first-order valence-corrected chi connectivity index (χ1v) is 12.7. The van der Waals surface area contributed by atoms with E-state index in [2.05, 4.69) is 22.5 Å². The maximum absolute atomic E-state index is 13.4. The van der Waals surface area contributed by atoms with E-state index >= 15 is 0 Å². The van der Waals surface area contributed by atoms with Crippen molar-refractivity contribution in [1.82, 2.24) is 15.2 Å². The van der Waals surface area contributed by atoms with E-state index in [1.807, 2.05) is 59.5 Å². The maximum Gasteiger partial charge on any atom is 0.226 e. The zero-order valence-corrected chi connectivity index (χ0v) is 21.2. The fourth-order valence-corrected chi connectivity index (χ4v) is 4.95. The molecule has 0 spiro atoms. The minimum absolute atomic E-state index is 0.0878. The highest BCUT2D eigenvalue weighted by Crippen LogP contribution is 2.40. The summed E-state index contributed by atoms with van der Waals surface area (Å²) in [4.78, 5) is 19.4. The van der Waals surface area contributed by atoms with Crippen molar-refractivity contribution >= 4 is 28.9 Å². The van der Waals surface area contributed by atoms with E-state index in [-0.39, 0.29) is 30.2 Å². The molecule has 3 heterocycles. The smallest absolute Gasteiger partial charge is 0.226 e. The SMILES string of the molecule is CCc1ccccc1NC(=O)CCN1C(=S)N[C@H](c2ccccn2)[C@@H]1c1ccc(-c2ccc(F)cc2)o1. The van der Waals surface area contributed by atoms with Gasteiger partial charge in [0.25, 0.3) is 0 Å². The molecule has 2 N–H and O–H groups in total. The number of aromatic nitrogens is 1. The number of pyridine rings is 1. The lowest BCUT2D eigenvalue weighted by molar-refractivity contribution is -0.116. The summed E-state index contributed by atoms with van der Waals surface area (Å²) < 4.78 is 19.7. The van der Waals surface area contributed by atoms with Crippen LogP contribution in [0.2, 0.25) is 0 Å². The van der Waals surface area contributed by atoms with Gasteiger partial charge in [-0.3, -0.25) is 9.78 Å². The predicted molar refractivity (Wildman–Crippen MR) is 145 cm³/mol. The van der Waals surface area contributed by atoms with E-state index < -0.39 is 0 Å². The number of aryl methyl sites for hydroxylation is 1. The third-order valence-corrected chi connectivity index (χ3v) is 6.85. The molecule has 8 heteroatoms. The summed E-state index contributed by atoms with van der Waals surface area (Å²) in [5.41, 5.74) is 3.51. The summed E-state index contributed by atoms with van der Waals surface area (Å²) in [7, 11) is 0. The molecular formula is C29H27FN4O2S. The molecule has 0 unspecified atom stereocenters. The molecule has 4 aromatic rings. The lowest BCUT2D eigenvalue weighted by Gasteiger charge is -2.26. The van der Waals surface area contributed by atoms with Gasteiger partial charge >= 0.3 is 0 Å². The van der Waals surface area contributed by atoms with Gasteiger partial charge in [0.05, 0.1) is 11.7 Å². The number of furan rings is 1. The van der Waals surface area contributed by atoms with Crippen LogP contribution in [0.4, 0.5) is 10.1 Å². The Balaban J connectivity index is 1.39. The van der Waals surface area contributed by atoms with Crippen LogP contribution in [0.5, 0.6) is 0 Å². The van der Waals surface area contributed by atoms with Crippen molar-refractivity contribution in [2.24, 2.45) is 0 Å². The first kappa shape index (κ1) is 24.6. The van der Waals surface area contributed by atoms with Crippen molar-refractivity contribution in [2.45, 2.75) is 31.8 Å². The highest BCUT2D eigenvalue weighted by atomic mass is 32.1. The van der Waals surface area contributed by atoms with Crippen molar-refractivity contribution in [1.29, 1.82) is 0 Å². The Morgan fingerprint density at radius 2 is 1.86 bits per heavy atom. The van der Waals surface area contributed by atoms with Crippen LogP contribution >= 0.6 is 12.2 Å². The molecule has 0 aliphatic carbocycles. The normalized spacial score (nSPS) is 17.0. The molecule has 6 nitrogen and oxygen atoms in total. The van der Waals surface area contributed by atoms with Gasteiger partial charge in [-0.25, -0.2) is 4.39 Å². The molecule has 1 saturated heterocycles. The number of thiocarbonyl (C=S) groups is 1. The van der Waals surface area contributed by atoms with Gasteiger partial charge in [-0.15, -0.1) is 0 Å². The van der Waals surface area contributed by atoms with Crippen molar-refractivity contribution in [3.8, 4) is 11.3 Å². The van der Waals surface area contributed by atoms with E-state index in [1.54, 1.807) is 18.3 Å². The van der Waals surface area contributed by atoms with Gasteiger partial charge < -0.3 is 20.0 Å². The predicted octanol–water partition coefficient (Wildman–Crippen LogP) is 6.04. The molecule has 37 heavy (non-hydrogen) atoms. The van der Waals surface area contributed by atoms with Crippen LogP contribution in [-0.4, -0.2) is 27.4 Å². The molecule has 2 aromatic heterocycles. The number of amides is 1. The van der Waals surface area contributed by atoms with E-state index in [9.17, 15) is 9.18 Å². The van der Waals surface area contributed by atoms with Crippen LogP contribution in [0.1, 0.15) is 42.4 Å². The fraction of sp³-hybridized carbons (Fsp3) is 0.207. The highest BCUT2D eigenvalue weighted by Gasteiger charge is 2.41. The van der Waals surface area contributed by atoms with Gasteiger partial charge in [-0.1, -0.05) is 31.2 Å². The first-order chi connectivity index (χ1) is 18.0. The van der Waals surface area contributed by atoms with Gasteiger partial charge in [0.15, 0.2) is 5.11 Å². The van der Waals surface area contributed by atoms with E-state index in [0.29, 0.717) is 23.2 Å². The molecule has 1 aliphatic heterocycles. The van der Waals surface area contributed by atoms with Crippen molar-refractivity contribution < 1.29 is 13.6 Å². The molecule has 1 amide bonds. The Labute approximate surface area is 220 Å². The first-order valence-electron chi connectivity index (χ1n) is 12.2.